The molecular weight excluding hydrogens is 184 g/mol. The summed E-state index contributed by atoms with van der Waals surface area (Å²) in [4.78, 5) is 4.21. The molecule has 0 aliphatic carbocycles. The molecule has 0 saturated carbocycles. The number of aromatic nitrogens is 1. The average molecular weight is 198 g/mol. The summed E-state index contributed by atoms with van der Waals surface area (Å²) in [7, 11) is 0. The first kappa shape index (κ1) is 10.3. The number of nitrogens with zero attached hydrogens (tertiary/aromatic N) is 1. The number of aliphatic hydroxyl groups is 1. The second-order valence-corrected chi connectivity index (χ2v) is 3.92. The van der Waals surface area contributed by atoms with Crippen LogP contribution in [0, 0.1) is 6.92 Å². The van der Waals surface area contributed by atoms with Crippen molar-refractivity contribution in [3.05, 3.63) is 17.8 Å². The van der Waals surface area contributed by atoms with Crippen LogP contribution in [0.2, 0.25) is 0 Å². The molecule has 1 aromatic heterocycles. The van der Waals surface area contributed by atoms with Crippen molar-refractivity contribution in [3.63, 3.8) is 0 Å². The zero-order valence-electron chi connectivity index (χ0n) is 7.66. The van der Waals surface area contributed by atoms with Crippen LogP contribution in [0.25, 0.3) is 0 Å². The molecule has 0 aliphatic rings. The Morgan fingerprint density at radius 2 is 2.38 bits per heavy atom. The van der Waals surface area contributed by atoms with Gasteiger partial charge in [-0.2, -0.15) is 0 Å². The van der Waals surface area contributed by atoms with E-state index in [1.165, 1.54) is 0 Å². The monoisotopic (exact) mass is 198 g/mol. The fourth-order valence-corrected chi connectivity index (χ4v) is 1.75. The third kappa shape index (κ3) is 3.24. The predicted octanol–water partition coefficient (Wildman–Crippen LogP) is 1.45. The van der Waals surface area contributed by atoms with E-state index in [4.69, 9.17) is 10.8 Å². The number of nitrogens with two attached hydrogens (primary N) is 1. The van der Waals surface area contributed by atoms with Crippen LogP contribution in [0.15, 0.2) is 17.3 Å². The van der Waals surface area contributed by atoms with Gasteiger partial charge >= 0.3 is 0 Å². The Hall–Kier alpha value is -0.740. The summed E-state index contributed by atoms with van der Waals surface area (Å²) in [6, 6.07) is 1.91. The molecule has 0 bridgehead atoms. The summed E-state index contributed by atoms with van der Waals surface area (Å²) in [6.45, 7) is 2.18. The topological polar surface area (TPSA) is 59.1 Å². The molecule has 0 radical (unpaired) electrons. The minimum Gasteiger partial charge on any atom is -0.397 e. The maximum Gasteiger partial charge on any atom is 0.119 e. The van der Waals surface area contributed by atoms with E-state index in [1.54, 1.807) is 18.0 Å². The number of rotatable bonds is 4. The predicted molar refractivity (Wildman–Crippen MR) is 55.8 cm³/mol. The molecule has 13 heavy (non-hydrogen) atoms. The van der Waals surface area contributed by atoms with Crippen LogP contribution in [0.1, 0.15) is 12.0 Å². The van der Waals surface area contributed by atoms with Crippen LogP contribution in [0.4, 0.5) is 5.69 Å². The summed E-state index contributed by atoms with van der Waals surface area (Å²) in [5.74, 6) is 0.858. The first-order chi connectivity index (χ1) is 6.24. The Kier molecular flexibility index (Phi) is 4.05. The van der Waals surface area contributed by atoms with Crippen LogP contribution in [0.3, 0.4) is 0 Å². The summed E-state index contributed by atoms with van der Waals surface area (Å²) >= 11 is 1.58. The van der Waals surface area contributed by atoms with Gasteiger partial charge in [0.05, 0.1) is 5.69 Å². The van der Waals surface area contributed by atoms with Gasteiger partial charge in [0, 0.05) is 18.6 Å². The maximum absolute atomic E-state index is 8.59. The van der Waals surface area contributed by atoms with Crippen molar-refractivity contribution >= 4 is 17.4 Å². The van der Waals surface area contributed by atoms with Crippen molar-refractivity contribution in [1.82, 2.24) is 4.98 Å². The van der Waals surface area contributed by atoms with Crippen molar-refractivity contribution in [1.29, 1.82) is 0 Å². The highest BCUT2D eigenvalue weighted by atomic mass is 32.2. The highest BCUT2D eigenvalue weighted by Gasteiger charge is 2.00. The zero-order chi connectivity index (χ0) is 9.68. The van der Waals surface area contributed by atoms with Crippen molar-refractivity contribution in [2.45, 2.75) is 18.4 Å². The molecule has 72 valence electrons. The number of anilines is 1. The van der Waals surface area contributed by atoms with Gasteiger partial charge < -0.3 is 10.8 Å². The Balaban J connectivity index is 2.56. The molecule has 0 fully saturated rings. The normalized spacial score (nSPS) is 10.3. The van der Waals surface area contributed by atoms with Gasteiger partial charge in [-0.05, 0) is 25.0 Å². The fourth-order valence-electron chi connectivity index (χ4n) is 0.933. The van der Waals surface area contributed by atoms with Gasteiger partial charge in [0.15, 0.2) is 0 Å². The molecule has 1 heterocycles. The molecule has 1 rings (SSSR count). The second-order valence-electron chi connectivity index (χ2n) is 2.83. The molecule has 1 aromatic rings. The zero-order valence-corrected chi connectivity index (χ0v) is 8.47. The minimum atomic E-state index is 0.221. The quantitative estimate of drug-likeness (QED) is 0.568. The number of hydrogen-bond acceptors (Lipinski definition) is 4. The lowest BCUT2D eigenvalue weighted by Gasteiger charge is -2.03. The molecule has 0 saturated heterocycles. The van der Waals surface area contributed by atoms with Crippen LogP contribution in [-0.4, -0.2) is 22.5 Å². The van der Waals surface area contributed by atoms with E-state index >= 15 is 0 Å². The highest BCUT2D eigenvalue weighted by molar-refractivity contribution is 7.99. The minimum absolute atomic E-state index is 0.221. The van der Waals surface area contributed by atoms with E-state index < -0.39 is 0 Å². The standard InChI is InChI=1S/C9H14N2OS/c1-7-5-8(10)9(11-6-7)13-4-2-3-12/h5-6,12H,2-4,10H2,1H3. The molecule has 3 N–H and O–H groups in total. The van der Waals surface area contributed by atoms with Gasteiger partial charge in [0.25, 0.3) is 0 Å². The summed E-state index contributed by atoms with van der Waals surface area (Å²) in [5, 5.41) is 9.45. The first-order valence-corrected chi connectivity index (χ1v) is 5.18. The molecule has 0 spiro atoms. The van der Waals surface area contributed by atoms with Crippen LogP contribution in [0.5, 0.6) is 0 Å². The third-order valence-electron chi connectivity index (χ3n) is 1.56. The van der Waals surface area contributed by atoms with Crippen LogP contribution < -0.4 is 5.73 Å². The molecular formula is C9H14N2OS. The summed E-state index contributed by atoms with van der Waals surface area (Å²) in [6.07, 6.45) is 2.58. The Morgan fingerprint density at radius 3 is 3.00 bits per heavy atom. The van der Waals surface area contributed by atoms with Crippen molar-refractivity contribution in [2.75, 3.05) is 18.1 Å². The van der Waals surface area contributed by atoms with E-state index in [0.29, 0.717) is 0 Å². The van der Waals surface area contributed by atoms with Gasteiger partial charge in [-0.3, -0.25) is 0 Å². The lowest BCUT2D eigenvalue weighted by atomic mass is 10.3. The summed E-state index contributed by atoms with van der Waals surface area (Å²) in [5.41, 5.74) is 7.56. The Bertz CT molecular complexity index is 278. The number of aryl methyl sites for hydroxylation is 1. The number of aliphatic hydroxyl groups excluding tert-OH is 1. The van der Waals surface area contributed by atoms with Gasteiger partial charge in [-0.25, -0.2) is 4.98 Å². The van der Waals surface area contributed by atoms with E-state index in [1.807, 2.05) is 13.0 Å². The molecule has 0 aromatic carbocycles. The number of thioether (sulfide) groups is 1. The molecule has 0 amide bonds. The summed E-state index contributed by atoms with van der Waals surface area (Å²) < 4.78 is 0. The van der Waals surface area contributed by atoms with Gasteiger partial charge in [0.2, 0.25) is 0 Å². The van der Waals surface area contributed by atoms with Crippen molar-refractivity contribution < 1.29 is 5.11 Å². The number of pyridine rings is 1. The van der Waals surface area contributed by atoms with Crippen LogP contribution in [-0.2, 0) is 0 Å². The van der Waals surface area contributed by atoms with E-state index in [-0.39, 0.29) is 6.61 Å². The molecule has 3 nitrogen and oxygen atoms in total. The van der Waals surface area contributed by atoms with Gasteiger partial charge in [-0.1, -0.05) is 0 Å². The van der Waals surface area contributed by atoms with E-state index in [0.717, 1.165) is 28.5 Å². The Morgan fingerprint density at radius 1 is 1.62 bits per heavy atom. The number of hydrogen-bond donors (Lipinski definition) is 2. The largest absolute Gasteiger partial charge is 0.397 e. The maximum atomic E-state index is 8.59. The third-order valence-corrected chi connectivity index (χ3v) is 2.66. The number of nitrogen functional groups attached to an aromatic ring is 1. The molecule has 4 heteroatoms. The molecule has 0 unspecified atom stereocenters. The lowest BCUT2D eigenvalue weighted by Crippen LogP contribution is -1.94. The van der Waals surface area contributed by atoms with Crippen molar-refractivity contribution in [3.8, 4) is 0 Å². The first-order valence-electron chi connectivity index (χ1n) is 4.20. The van der Waals surface area contributed by atoms with Crippen molar-refractivity contribution in [2.24, 2.45) is 0 Å². The van der Waals surface area contributed by atoms with Gasteiger partial charge in [0.1, 0.15) is 5.03 Å². The fraction of sp³-hybridized carbons (Fsp3) is 0.444. The SMILES string of the molecule is Cc1cnc(SCCCO)c(N)c1. The lowest BCUT2D eigenvalue weighted by molar-refractivity contribution is 0.296. The van der Waals surface area contributed by atoms with Crippen LogP contribution >= 0.6 is 11.8 Å². The molecule has 0 aliphatic heterocycles. The Labute approximate surface area is 82.4 Å². The second kappa shape index (κ2) is 5.09. The van der Waals surface area contributed by atoms with E-state index in [2.05, 4.69) is 4.98 Å². The van der Waals surface area contributed by atoms with E-state index in [9.17, 15) is 0 Å². The molecule has 0 atom stereocenters. The van der Waals surface area contributed by atoms with Gasteiger partial charge in [-0.15, -0.1) is 11.8 Å². The highest BCUT2D eigenvalue weighted by Crippen LogP contribution is 2.23. The average Bonchev–Trinajstić information content (AvgIpc) is 2.09. The smallest absolute Gasteiger partial charge is 0.119 e.